The quantitative estimate of drug-likeness (QED) is 0.835. The molecule has 1 aliphatic heterocycles. The fourth-order valence-electron chi connectivity index (χ4n) is 3.96. The number of fused-ring (bicyclic) bond motifs is 1. The summed E-state index contributed by atoms with van der Waals surface area (Å²) < 4.78 is 5.46. The number of hydrogen-bond acceptors (Lipinski definition) is 6. The highest BCUT2D eigenvalue weighted by atomic mass is 32.1. The lowest BCUT2D eigenvalue weighted by Crippen LogP contribution is -2.37. The molecule has 0 bridgehead atoms. The molecule has 0 radical (unpaired) electrons. The molecule has 1 amide bonds. The first-order valence-electron chi connectivity index (χ1n) is 9.61. The van der Waals surface area contributed by atoms with Crippen LogP contribution >= 0.6 is 11.3 Å². The first-order valence-corrected chi connectivity index (χ1v) is 10.4. The number of aromatic nitrogens is 2. The van der Waals surface area contributed by atoms with Crippen LogP contribution in [-0.2, 0) is 4.74 Å². The van der Waals surface area contributed by atoms with Gasteiger partial charge in [0.25, 0.3) is 5.91 Å². The molecular weight excluding hydrogens is 348 g/mol. The summed E-state index contributed by atoms with van der Waals surface area (Å²) >= 11 is 1.48. The maximum Gasteiger partial charge on any atom is 0.261 e. The van der Waals surface area contributed by atoms with Gasteiger partial charge in [-0.1, -0.05) is 25.7 Å². The van der Waals surface area contributed by atoms with Crippen molar-refractivity contribution in [1.29, 1.82) is 0 Å². The van der Waals surface area contributed by atoms with E-state index in [4.69, 9.17) is 4.74 Å². The molecule has 140 valence electrons. The van der Waals surface area contributed by atoms with Crippen LogP contribution < -0.4 is 10.2 Å². The van der Waals surface area contributed by atoms with Crippen LogP contribution in [0.4, 0.5) is 5.82 Å². The number of aryl methyl sites for hydroxylation is 1. The number of carbonyl (C=O) groups excluding carboxylic acids is 1. The van der Waals surface area contributed by atoms with E-state index in [1.165, 1.54) is 37.0 Å². The highest BCUT2D eigenvalue weighted by Crippen LogP contribution is 2.35. The Balaban J connectivity index is 1.61. The number of ether oxygens (including phenoxy) is 1. The standard InChI is InChI=1S/C19H26N4O2S/c1-13-15-17(23-8-10-25-11-9-23)20-12-21-19(15)26-16(13)18(24)22-14-6-4-2-3-5-7-14/h12,14H,2-11H2,1H3,(H,22,24). The lowest BCUT2D eigenvalue weighted by atomic mass is 10.1. The zero-order chi connectivity index (χ0) is 17.9. The van der Waals surface area contributed by atoms with Gasteiger partial charge in [0.1, 0.15) is 17.0 Å². The average Bonchev–Trinajstić information content (AvgIpc) is 2.83. The third kappa shape index (κ3) is 3.55. The van der Waals surface area contributed by atoms with Crippen LogP contribution in [0.3, 0.4) is 0 Å². The lowest BCUT2D eigenvalue weighted by Gasteiger charge is -2.28. The predicted molar refractivity (Wildman–Crippen MR) is 104 cm³/mol. The Morgan fingerprint density at radius 3 is 2.65 bits per heavy atom. The molecule has 3 heterocycles. The van der Waals surface area contributed by atoms with Gasteiger partial charge in [-0.2, -0.15) is 0 Å². The van der Waals surface area contributed by atoms with E-state index >= 15 is 0 Å². The van der Waals surface area contributed by atoms with Gasteiger partial charge >= 0.3 is 0 Å². The van der Waals surface area contributed by atoms with Gasteiger partial charge in [0.2, 0.25) is 0 Å². The predicted octanol–water partition coefficient (Wildman–Crippen LogP) is 3.29. The second kappa shape index (κ2) is 7.88. The summed E-state index contributed by atoms with van der Waals surface area (Å²) in [6.07, 6.45) is 8.78. The van der Waals surface area contributed by atoms with E-state index in [0.717, 1.165) is 52.4 Å². The van der Waals surface area contributed by atoms with Gasteiger partial charge in [-0.3, -0.25) is 4.79 Å². The smallest absolute Gasteiger partial charge is 0.261 e. The third-order valence-electron chi connectivity index (χ3n) is 5.41. The van der Waals surface area contributed by atoms with Crippen LogP contribution in [0.2, 0.25) is 0 Å². The summed E-state index contributed by atoms with van der Waals surface area (Å²) in [4.78, 5) is 25.8. The topological polar surface area (TPSA) is 67.4 Å². The van der Waals surface area contributed by atoms with Crippen molar-refractivity contribution in [3.8, 4) is 0 Å². The SMILES string of the molecule is Cc1c(C(=O)NC2CCCCCC2)sc2ncnc(N3CCOCC3)c12. The molecule has 1 aliphatic carbocycles. The van der Waals surface area contributed by atoms with Crippen LogP contribution in [0, 0.1) is 6.92 Å². The van der Waals surface area contributed by atoms with E-state index in [-0.39, 0.29) is 5.91 Å². The van der Waals surface area contributed by atoms with Crippen molar-refractivity contribution in [1.82, 2.24) is 15.3 Å². The zero-order valence-electron chi connectivity index (χ0n) is 15.3. The minimum absolute atomic E-state index is 0.0466. The lowest BCUT2D eigenvalue weighted by molar-refractivity contribution is 0.0937. The molecule has 2 aromatic rings. The summed E-state index contributed by atoms with van der Waals surface area (Å²) in [5, 5.41) is 4.28. The number of nitrogens with one attached hydrogen (secondary N) is 1. The van der Waals surface area contributed by atoms with Gasteiger partial charge in [0.15, 0.2) is 0 Å². The van der Waals surface area contributed by atoms with Gasteiger partial charge in [-0.15, -0.1) is 11.3 Å². The Bertz CT molecular complexity index is 777. The number of morpholine rings is 1. The summed E-state index contributed by atoms with van der Waals surface area (Å²) in [6, 6.07) is 0.305. The summed E-state index contributed by atoms with van der Waals surface area (Å²) in [6.45, 7) is 5.09. The fourth-order valence-corrected chi connectivity index (χ4v) is 5.01. The molecule has 2 aliphatic rings. The summed E-state index contributed by atoms with van der Waals surface area (Å²) in [5.74, 6) is 0.978. The maximum absolute atomic E-state index is 12.9. The van der Waals surface area contributed by atoms with Crippen molar-refractivity contribution in [3.05, 3.63) is 16.8 Å². The first-order chi connectivity index (χ1) is 12.7. The van der Waals surface area contributed by atoms with E-state index in [9.17, 15) is 4.79 Å². The van der Waals surface area contributed by atoms with E-state index in [0.29, 0.717) is 19.3 Å². The molecule has 7 heteroatoms. The Morgan fingerprint density at radius 2 is 1.92 bits per heavy atom. The largest absolute Gasteiger partial charge is 0.378 e. The molecule has 6 nitrogen and oxygen atoms in total. The fraction of sp³-hybridized carbons (Fsp3) is 0.632. The number of rotatable bonds is 3. The van der Waals surface area contributed by atoms with Crippen LogP contribution in [0.5, 0.6) is 0 Å². The number of hydrogen-bond donors (Lipinski definition) is 1. The number of amides is 1. The number of anilines is 1. The number of nitrogens with zero attached hydrogens (tertiary/aromatic N) is 3. The van der Waals surface area contributed by atoms with Crippen molar-refractivity contribution in [3.63, 3.8) is 0 Å². The van der Waals surface area contributed by atoms with E-state index in [2.05, 4.69) is 20.2 Å². The molecule has 2 aromatic heterocycles. The van der Waals surface area contributed by atoms with Gasteiger partial charge in [-0.05, 0) is 25.3 Å². The van der Waals surface area contributed by atoms with E-state index in [1.54, 1.807) is 6.33 Å². The molecular formula is C19H26N4O2S. The zero-order valence-corrected chi connectivity index (χ0v) is 16.1. The summed E-state index contributed by atoms with van der Waals surface area (Å²) in [7, 11) is 0. The Morgan fingerprint density at radius 1 is 1.19 bits per heavy atom. The molecule has 0 unspecified atom stereocenters. The second-order valence-electron chi connectivity index (χ2n) is 7.19. The Labute approximate surface area is 158 Å². The van der Waals surface area contributed by atoms with Crippen LogP contribution in [-0.4, -0.2) is 48.2 Å². The van der Waals surface area contributed by atoms with Gasteiger partial charge in [-0.25, -0.2) is 9.97 Å². The van der Waals surface area contributed by atoms with Crippen molar-refractivity contribution >= 4 is 33.3 Å². The third-order valence-corrected chi connectivity index (χ3v) is 6.61. The molecule has 0 spiro atoms. The van der Waals surface area contributed by atoms with Crippen LogP contribution in [0.15, 0.2) is 6.33 Å². The molecule has 0 atom stereocenters. The minimum Gasteiger partial charge on any atom is -0.378 e. The van der Waals surface area contributed by atoms with Gasteiger partial charge in [0.05, 0.1) is 23.5 Å². The monoisotopic (exact) mass is 374 g/mol. The van der Waals surface area contributed by atoms with E-state index < -0.39 is 0 Å². The first kappa shape index (κ1) is 17.7. The van der Waals surface area contributed by atoms with Gasteiger partial charge < -0.3 is 15.0 Å². The summed E-state index contributed by atoms with van der Waals surface area (Å²) in [5.41, 5.74) is 0.998. The van der Waals surface area contributed by atoms with Gasteiger partial charge in [0, 0.05) is 19.1 Å². The maximum atomic E-state index is 12.9. The molecule has 2 fully saturated rings. The normalized spacial score (nSPS) is 19.5. The molecule has 1 N–H and O–H groups in total. The minimum atomic E-state index is 0.0466. The van der Waals surface area contributed by atoms with Crippen molar-refractivity contribution in [2.24, 2.45) is 0 Å². The van der Waals surface area contributed by atoms with Crippen LogP contribution in [0.25, 0.3) is 10.2 Å². The molecule has 1 saturated carbocycles. The molecule has 1 saturated heterocycles. The van der Waals surface area contributed by atoms with E-state index in [1.807, 2.05) is 6.92 Å². The Kier molecular flexibility index (Phi) is 5.36. The molecule has 4 rings (SSSR count). The second-order valence-corrected chi connectivity index (χ2v) is 8.19. The average molecular weight is 375 g/mol. The molecule has 26 heavy (non-hydrogen) atoms. The number of thiophene rings is 1. The highest BCUT2D eigenvalue weighted by molar-refractivity contribution is 7.20. The molecule has 0 aromatic carbocycles. The van der Waals surface area contributed by atoms with Crippen molar-refractivity contribution < 1.29 is 9.53 Å². The van der Waals surface area contributed by atoms with Crippen molar-refractivity contribution in [2.45, 2.75) is 51.5 Å². The Hall–Kier alpha value is -1.73. The highest BCUT2D eigenvalue weighted by Gasteiger charge is 2.24. The van der Waals surface area contributed by atoms with Crippen LogP contribution in [0.1, 0.15) is 53.8 Å². The number of carbonyl (C=O) groups is 1. The van der Waals surface area contributed by atoms with Crippen molar-refractivity contribution in [2.75, 3.05) is 31.2 Å².